The van der Waals surface area contributed by atoms with Crippen molar-refractivity contribution in [2.75, 3.05) is 32.9 Å². The van der Waals surface area contributed by atoms with Crippen molar-refractivity contribution in [3.63, 3.8) is 0 Å². The smallest absolute Gasteiger partial charge is 0.474 e. The molecule has 2 amide bonds. The van der Waals surface area contributed by atoms with E-state index in [1.165, 1.54) is 11.1 Å². The number of hydrogen-bond donors (Lipinski definition) is 20. The number of phosphoric ester groups is 1. The summed E-state index contributed by atoms with van der Waals surface area (Å²) in [6.45, 7) is 13.1. The molecule has 624 valence electrons. The fraction of sp³-hybridized carbons (Fsp3) is 0.721. The molecule has 0 radical (unpaired) electrons. The number of primary amides is 1. The average molecular weight is 1600 g/mol. The van der Waals surface area contributed by atoms with Gasteiger partial charge in [-0.05, 0) is 91.9 Å². The Hall–Kier alpha value is -6.24. The van der Waals surface area contributed by atoms with Gasteiger partial charge in [0.05, 0.1) is 51.1 Å². The Labute approximate surface area is 631 Å². The number of ether oxygens (including phenoxy) is 11. The van der Waals surface area contributed by atoms with Crippen LogP contribution >= 0.6 is 7.82 Å². The summed E-state index contributed by atoms with van der Waals surface area (Å²) in [5.74, 6) is -9.76. The van der Waals surface area contributed by atoms with Crippen LogP contribution in [0, 0.1) is 5.41 Å². The second-order valence-corrected chi connectivity index (χ2v) is 30.0. The van der Waals surface area contributed by atoms with Crippen LogP contribution in [-0.2, 0) is 94.5 Å². The molecular weight excluding hydrogens is 1500 g/mol. The highest BCUT2D eigenvalue weighted by molar-refractivity contribution is 7.47. The molecule has 5 fully saturated rings. The van der Waals surface area contributed by atoms with E-state index >= 15 is 0 Å². The monoisotopic (exact) mass is 1600 g/mol. The molecule has 41 nitrogen and oxygen atoms in total. The van der Waals surface area contributed by atoms with Gasteiger partial charge in [0.1, 0.15) is 84.2 Å². The number of aliphatic hydroxyl groups excluding tert-OH is 10. The molecule has 21 N–H and O–H groups in total. The summed E-state index contributed by atoms with van der Waals surface area (Å²) in [7, 11) is -5.95. The number of allylic oxidation sites excluding steroid dienone is 10. The van der Waals surface area contributed by atoms with Gasteiger partial charge in [-0.1, -0.05) is 73.1 Å². The maximum absolute atomic E-state index is 14.1. The molecule has 5 aliphatic heterocycles. The molecule has 1 aliphatic carbocycles. The largest absolute Gasteiger partial charge is 0.510 e. The van der Waals surface area contributed by atoms with Crippen molar-refractivity contribution in [3.8, 4) is 0 Å². The lowest BCUT2D eigenvalue weighted by atomic mass is 9.85. The molecule has 0 saturated carbocycles. The summed E-state index contributed by atoms with van der Waals surface area (Å²) < 4.78 is 88.0. The molecule has 27 atom stereocenters. The SMILES string of the molecule is C=C(CC=C(C)CCC=C(C)C)CCC(C)(C)C=CCCC(C)=CCOC(COP(=O)(O)OC1OC(C(=O)O)C(C)(O)C(OC(N)=O)C1OC1OC(OC2OC(CO)C(O)C(O)C2O)C(OC2OC(C)C(OC3OC(C(=O)NC4=C(O)CCC4=O)C(O)C(O)C3O)C(O)C2NCC(=O)O)C(O)C1NCC(=O)O)C(=O)O. The second-order valence-electron chi connectivity index (χ2n) is 28.6. The fourth-order valence-electron chi connectivity index (χ4n) is 12.4. The Kier molecular flexibility index (Phi) is 34.7. The number of carbonyl (C=O) groups excluding carboxylic acids is 3. The van der Waals surface area contributed by atoms with Crippen LogP contribution in [0.25, 0.3) is 0 Å². The standard InChI is InChI=1S/C68H105N4O37P/c1-29(2)13-12-15-30(3)16-17-32(5)20-23-67(7,8)22-11-10-14-31(4)21-24-97-37(58(89)90)28-98-110(95,96)109-65-54(55(106-66(69)93)68(9,94)56(105-65)59(91)92)104-61-42(71-26-39(78)79)45(82)53(64(107-61)108-62-49(86)46(83)43(80)36(27-73)100-62)103-60-41(70-25-38(76)77)44(81)51(33(6)99-60)101-63-50(87)47(84)48(85)52(102-63)57(88)72-40-34(74)18-19-35(40)75/h11,13,16,21-22,33,36-37,41-56,60-65,70-71,73-74,80-87,94H,5,10,12,14-15,17-20,23-28H2,1-4,6-9H3,(H2,69,93)(H,72,88)(H,76,77)(H,78,79)(H,89,90)(H,91,92)(H,95,96). The zero-order chi connectivity index (χ0) is 82.2. The van der Waals surface area contributed by atoms with Crippen LogP contribution < -0.4 is 21.7 Å². The zero-order valence-corrected chi connectivity index (χ0v) is 62.6. The summed E-state index contributed by atoms with van der Waals surface area (Å²) >= 11 is 0. The molecular formula is C68H105N4O37P. The molecule has 5 heterocycles. The summed E-state index contributed by atoms with van der Waals surface area (Å²) in [5, 5.41) is 170. The summed E-state index contributed by atoms with van der Waals surface area (Å²) in [4.78, 5) is 99.8. The van der Waals surface area contributed by atoms with E-state index in [1.807, 2.05) is 6.08 Å². The van der Waals surface area contributed by atoms with Crippen molar-refractivity contribution in [2.45, 2.75) is 272 Å². The number of aliphatic hydroxyl groups is 11. The molecule has 27 unspecified atom stereocenters. The van der Waals surface area contributed by atoms with Gasteiger partial charge < -0.3 is 145 Å². The first-order chi connectivity index (χ1) is 51.4. The van der Waals surface area contributed by atoms with Crippen LogP contribution in [0.15, 0.2) is 70.7 Å². The van der Waals surface area contributed by atoms with Gasteiger partial charge in [-0.25, -0.2) is 18.9 Å². The number of carbonyl (C=O) groups is 7. The predicted molar refractivity (Wildman–Crippen MR) is 369 cm³/mol. The molecule has 0 bridgehead atoms. The third kappa shape index (κ3) is 25.6. The van der Waals surface area contributed by atoms with Crippen LogP contribution in [0.1, 0.15) is 113 Å². The quantitative estimate of drug-likeness (QED) is 0.0225. The molecule has 5 saturated heterocycles. The van der Waals surface area contributed by atoms with Gasteiger partial charge in [-0.15, -0.1) is 0 Å². The normalized spacial score (nSPS) is 35.5. The number of ketones is 1. The maximum Gasteiger partial charge on any atom is 0.474 e. The Morgan fingerprint density at radius 1 is 0.700 bits per heavy atom. The maximum atomic E-state index is 14.1. The highest BCUT2D eigenvalue weighted by Gasteiger charge is 2.63. The van der Waals surface area contributed by atoms with Crippen molar-refractivity contribution in [1.29, 1.82) is 0 Å². The predicted octanol–water partition coefficient (Wildman–Crippen LogP) is -2.39. The Morgan fingerprint density at radius 3 is 1.85 bits per heavy atom. The summed E-state index contributed by atoms with van der Waals surface area (Å²) in [6, 6.07) is -4.25. The second kappa shape index (κ2) is 41.2. The van der Waals surface area contributed by atoms with Crippen molar-refractivity contribution < 1.29 is 181 Å². The number of carboxylic acids is 4. The summed E-state index contributed by atoms with van der Waals surface area (Å²) in [5.41, 5.74) is 6.02. The van der Waals surface area contributed by atoms with Crippen LogP contribution in [-0.4, -0.2) is 315 Å². The minimum Gasteiger partial charge on any atom is -0.510 e. The lowest BCUT2D eigenvalue weighted by Crippen LogP contribution is -2.72. The molecule has 110 heavy (non-hydrogen) atoms. The van der Waals surface area contributed by atoms with Crippen LogP contribution in [0.3, 0.4) is 0 Å². The number of nitrogens with one attached hydrogen (secondary N) is 3. The van der Waals surface area contributed by atoms with E-state index in [-0.39, 0.29) is 24.9 Å². The number of Topliss-reactive ketones (excluding diaryl/α,β-unsaturated/α-hetero) is 1. The Balaban J connectivity index is 1.27. The van der Waals surface area contributed by atoms with E-state index in [0.717, 1.165) is 50.2 Å². The fourth-order valence-corrected chi connectivity index (χ4v) is 13.3. The van der Waals surface area contributed by atoms with Gasteiger partial charge in [-0.2, -0.15) is 0 Å². The van der Waals surface area contributed by atoms with Crippen molar-refractivity contribution in [3.05, 3.63) is 70.7 Å². The minimum atomic E-state index is -5.95. The van der Waals surface area contributed by atoms with Gasteiger partial charge in [0.15, 0.2) is 74.0 Å². The van der Waals surface area contributed by atoms with Gasteiger partial charge >= 0.3 is 37.8 Å². The van der Waals surface area contributed by atoms with Crippen molar-refractivity contribution >= 4 is 49.5 Å². The summed E-state index contributed by atoms with van der Waals surface area (Å²) in [6.07, 6.45) is -39.6. The third-order valence-corrected chi connectivity index (χ3v) is 19.8. The highest BCUT2D eigenvalue weighted by Crippen LogP contribution is 2.49. The third-order valence-electron chi connectivity index (χ3n) is 18.8. The van der Waals surface area contributed by atoms with E-state index in [2.05, 4.69) is 75.4 Å². The van der Waals surface area contributed by atoms with E-state index in [0.29, 0.717) is 19.8 Å². The van der Waals surface area contributed by atoms with E-state index in [9.17, 15) is 120 Å². The number of rotatable bonds is 40. The van der Waals surface area contributed by atoms with E-state index in [4.69, 9.17) is 66.9 Å². The van der Waals surface area contributed by atoms with Crippen molar-refractivity contribution in [2.24, 2.45) is 11.1 Å². The highest BCUT2D eigenvalue weighted by atomic mass is 31.2. The molecule has 42 heteroatoms. The molecule has 6 rings (SSSR count). The minimum absolute atomic E-state index is 0.156. The number of phosphoric acid groups is 1. The molecule has 0 aromatic rings. The number of carboxylic acid groups (broad SMARTS) is 4. The van der Waals surface area contributed by atoms with E-state index in [1.54, 1.807) is 13.0 Å². The molecule has 0 spiro atoms. The first-order valence-electron chi connectivity index (χ1n) is 35.2. The van der Waals surface area contributed by atoms with E-state index < -0.39 is 246 Å². The molecule has 0 aromatic carbocycles. The van der Waals surface area contributed by atoms with Gasteiger partial charge in [0.2, 0.25) is 0 Å². The Morgan fingerprint density at radius 2 is 1.27 bits per heavy atom. The molecule has 0 aromatic heterocycles. The topological polar surface area (TPSA) is 642 Å². The number of hydrogen-bond acceptors (Lipinski definition) is 34. The number of nitrogens with two attached hydrogens (primary N) is 1. The van der Waals surface area contributed by atoms with Gasteiger partial charge in [-0.3, -0.25) is 38.9 Å². The lowest BCUT2D eigenvalue weighted by molar-refractivity contribution is -0.420. The average Bonchev–Trinajstić information content (AvgIpc) is 0.835. The number of amides is 2. The first-order valence-corrected chi connectivity index (χ1v) is 36.7. The van der Waals surface area contributed by atoms with Crippen molar-refractivity contribution in [1.82, 2.24) is 16.0 Å². The van der Waals surface area contributed by atoms with Gasteiger partial charge in [0, 0.05) is 12.8 Å². The van der Waals surface area contributed by atoms with Crippen LogP contribution in [0.2, 0.25) is 0 Å². The lowest BCUT2D eigenvalue weighted by Gasteiger charge is -2.52. The molecule has 6 aliphatic rings. The zero-order valence-electron chi connectivity index (χ0n) is 61.7. The Bertz CT molecular complexity index is 3380. The first kappa shape index (κ1) is 92.6. The van der Waals surface area contributed by atoms with Crippen LogP contribution in [0.4, 0.5) is 4.79 Å². The van der Waals surface area contributed by atoms with Gasteiger partial charge in [0.25, 0.3) is 5.91 Å². The number of aliphatic carboxylic acids is 4. The van der Waals surface area contributed by atoms with Crippen LogP contribution in [0.5, 0.6) is 0 Å².